The predicted octanol–water partition coefficient (Wildman–Crippen LogP) is 4.08. The Labute approximate surface area is 154 Å². The lowest BCUT2D eigenvalue weighted by Gasteiger charge is -2.55. The first-order valence-corrected chi connectivity index (χ1v) is 8.68. The molecule has 2 saturated heterocycles. The van der Waals surface area contributed by atoms with Crippen LogP contribution in [0.5, 0.6) is 0 Å². The molecule has 0 unspecified atom stereocenters. The van der Waals surface area contributed by atoms with Crippen LogP contribution in [-0.2, 0) is 11.3 Å². The minimum Gasteiger partial charge on any atom is -0.380 e. The Bertz CT molecular complexity index is 849. The van der Waals surface area contributed by atoms with Crippen LogP contribution in [0.2, 0.25) is 5.02 Å². The van der Waals surface area contributed by atoms with E-state index in [4.69, 9.17) is 16.3 Å². The summed E-state index contributed by atoms with van der Waals surface area (Å²) < 4.78 is 32.9. The quantitative estimate of drug-likeness (QED) is 0.806. The zero-order chi connectivity index (χ0) is 18.3. The van der Waals surface area contributed by atoms with Gasteiger partial charge in [-0.1, -0.05) is 29.8 Å². The molecule has 0 bridgehead atoms. The van der Waals surface area contributed by atoms with Gasteiger partial charge in [-0.05, 0) is 24.3 Å². The number of benzene rings is 2. The number of rotatable bonds is 3. The van der Waals surface area contributed by atoms with Gasteiger partial charge in [0, 0.05) is 24.3 Å². The number of ether oxygens (including phenoxy) is 1. The van der Waals surface area contributed by atoms with Crippen LogP contribution < -0.4 is 4.90 Å². The van der Waals surface area contributed by atoms with Crippen LogP contribution in [0.1, 0.15) is 5.56 Å². The Hall–Kier alpha value is -2.18. The molecule has 26 heavy (non-hydrogen) atoms. The van der Waals surface area contributed by atoms with Crippen molar-refractivity contribution in [3.63, 3.8) is 0 Å². The van der Waals surface area contributed by atoms with Crippen LogP contribution in [0.3, 0.4) is 0 Å². The van der Waals surface area contributed by atoms with E-state index < -0.39 is 11.6 Å². The Morgan fingerprint density at radius 1 is 1.15 bits per heavy atom. The van der Waals surface area contributed by atoms with Gasteiger partial charge in [-0.2, -0.15) is 0 Å². The molecule has 0 radical (unpaired) electrons. The lowest BCUT2D eigenvalue weighted by atomic mass is 9.78. The number of nitrogens with zero attached hydrogens (tertiary/aromatic N) is 2. The second kappa shape index (κ2) is 6.52. The number of likely N-dealkylation sites (tertiary alicyclic amines) is 1. The molecule has 7 heteroatoms. The van der Waals surface area contributed by atoms with Crippen LogP contribution in [0.25, 0.3) is 0 Å². The van der Waals surface area contributed by atoms with Crippen LogP contribution in [0, 0.1) is 17.0 Å². The summed E-state index contributed by atoms with van der Waals surface area (Å²) in [5, 5.41) is -0.0821. The van der Waals surface area contributed by atoms with E-state index in [1.807, 2.05) is 0 Å². The van der Waals surface area contributed by atoms with Gasteiger partial charge in [0.15, 0.2) is 0 Å². The summed E-state index contributed by atoms with van der Waals surface area (Å²) >= 11 is 5.88. The minimum absolute atomic E-state index is 0.0352. The van der Waals surface area contributed by atoms with Gasteiger partial charge in [0.2, 0.25) is 0 Å². The molecule has 4 nitrogen and oxygen atoms in total. The van der Waals surface area contributed by atoms with E-state index in [0.717, 1.165) is 0 Å². The molecule has 2 aromatic rings. The van der Waals surface area contributed by atoms with Gasteiger partial charge >= 0.3 is 6.03 Å². The number of urea groups is 1. The highest BCUT2D eigenvalue weighted by atomic mass is 35.5. The predicted molar refractivity (Wildman–Crippen MR) is 94.2 cm³/mol. The van der Waals surface area contributed by atoms with Crippen molar-refractivity contribution >= 4 is 23.3 Å². The van der Waals surface area contributed by atoms with Crippen molar-refractivity contribution in [1.82, 2.24) is 4.90 Å². The number of hydrogen-bond donors (Lipinski definition) is 0. The van der Waals surface area contributed by atoms with Gasteiger partial charge in [0.1, 0.15) is 11.6 Å². The summed E-state index contributed by atoms with van der Waals surface area (Å²) in [6, 6.07) is 10.1. The molecule has 2 heterocycles. The Morgan fingerprint density at radius 3 is 2.50 bits per heavy atom. The van der Waals surface area contributed by atoms with Gasteiger partial charge in [-0.15, -0.1) is 0 Å². The summed E-state index contributed by atoms with van der Waals surface area (Å²) in [7, 11) is 0. The first kappa shape index (κ1) is 17.2. The van der Waals surface area contributed by atoms with Gasteiger partial charge in [0.05, 0.1) is 30.2 Å². The summed E-state index contributed by atoms with van der Waals surface area (Å²) in [5.74, 6) is -0.964. The average Bonchev–Trinajstić information content (AvgIpc) is 2.54. The van der Waals surface area contributed by atoms with Gasteiger partial charge in [-0.3, -0.25) is 4.90 Å². The molecule has 4 rings (SSSR count). The number of carbonyl (C=O) groups excluding carboxylic acids is 1. The molecule has 2 aromatic carbocycles. The molecular weight excluding hydrogens is 362 g/mol. The van der Waals surface area contributed by atoms with Crippen molar-refractivity contribution in [1.29, 1.82) is 0 Å². The summed E-state index contributed by atoms with van der Waals surface area (Å²) in [5.41, 5.74) is 0.874. The maximum absolute atomic E-state index is 14.1. The molecule has 136 valence electrons. The molecule has 2 aliphatic rings. The maximum Gasteiger partial charge on any atom is 0.324 e. The molecule has 0 N–H and O–H groups in total. The van der Waals surface area contributed by atoms with E-state index in [-0.39, 0.29) is 23.0 Å². The van der Waals surface area contributed by atoms with Crippen LogP contribution in [-0.4, -0.2) is 37.2 Å². The van der Waals surface area contributed by atoms with Crippen molar-refractivity contribution in [2.45, 2.75) is 6.54 Å². The first-order chi connectivity index (χ1) is 12.5. The molecule has 0 aromatic heterocycles. The number of carbonyl (C=O) groups is 1. The second-order valence-corrected chi connectivity index (χ2v) is 7.31. The lowest BCUT2D eigenvalue weighted by molar-refractivity contribution is -0.174. The van der Waals surface area contributed by atoms with Crippen LogP contribution in [0.4, 0.5) is 19.3 Å². The van der Waals surface area contributed by atoms with Crippen molar-refractivity contribution in [2.24, 2.45) is 5.41 Å². The van der Waals surface area contributed by atoms with E-state index in [0.29, 0.717) is 37.6 Å². The topological polar surface area (TPSA) is 32.8 Å². The van der Waals surface area contributed by atoms with Crippen LogP contribution >= 0.6 is 11.6 Å². The fourth-order valence-electron chi connectivity index (χ4n) is 3.36. The zero-order valence-corrected chi connectivity index (χ0v) is 14.7. The number of hydrogen-bond acceptors (Lipinski definition) is 2. The third-order valence-electron chi connectivity index (χ3n) is 4.87. The standard InChI is InChI=1S/C19H17ClF2N2O2/c20-15-7-14(5-6-17(15)22)24(8-13-3-1-2-4-16(13)21)18(25)23-9-19(10-23)11-26-12-19/h1-7H,8-12H2. The van der Waals surface area contributed by atoms with E-state index >= 15 is 0 Å². The summed E-state index contributed by atoms with van der Waals surface area (Å²) in [6.07, 6.45) is 0. The first-order valence-electron chi connectivity index (χ1n) is 8.30. The second-order valence-electron chi connectivity index (χ2n) is 6.91. The molecule has 0 saturated carbocycles. The maximum atomic E-state index is 14.1. The van der Waals surface area contributed by atoms with Gasteiger partial charge in [0.25, 0.3) is 0 Å². The summed E-state index contributed by atoms with van der Waals surface area (Å²) in [6.45, 7) is 2.56. The number of halogens is 3. The molecule has 0 atom stereocenters. The Kier molecular flexibility index (Phi) is 4.32. The molecule has 2 aliphatic heterocycles. The third-order valence-corrected chi connectivity index (χ3v) is 5.16. The van der Waals surface area contributed by atoms with Crippen molar-refractivity contribution < 1.29 is 18.3 Å². The Morgan fingerprint density at radius 2 is 1.88 bits per heavy atom. The van der Waals surface area contributed by atoms with Crippen LogP contribution in [0.15, 0.2) is 42.5 Å². The highest BCUT2D eigenvalue weighted by Gasteiger charge is 2.51. The fourth-order valence-corrected chi connectivity index (χ4v) is 3.54. The van der Waals surface area contributed by atoms with Gasteiger partial charge in [-0.25, -0.2) is 13.6 Å². The minimum atomic E-state index is -0.566. The SMILES string of the molecule is O=C(N1CC2(COC2)C1)N(Cc1ccccc1F)c1ccc(F)c(Cl)c1. The molecule has 0 aliphatic carbocycles. The van der Waals surface area contributed by atoms with Crippen molar-refractivity contribution in [3.05, 3.63) is 64.7 Å². The van der Waals surface area contributed by atoms with E-state index in [1.54, 1.807) is 23.1 Å². The molecule has 2 amide bonds. The van der Waals surface area contributed by atoms with Crippen molar-refractivity contribution in [3.8, 4) is 0 Å². The van der Waals surface area contributed by atoms with E-state index in [9.17, 15) is 13.6 Å². The fraction of sp³-hybridized carbons (Fsp3) is 0.316. The van der Waals surface area contributed by atoms with Gasteiger partial charge < -0.3 is 9.64 Å². The van der Waals surface area contributed by atoms with E-state index in [1.165, 1.54) is 29.2 Å². The average molecular weight is 379 g/mol. The molecular formula is C19H17ClF2N2O2. The smallest absolute Gasteiger partial charge is 0.324 e. The highest BCUT2D eigenvalue weighted by molar-refractivity contribution is 6.31. The normalized spacial score (nSPS) is 17.6. The largest absolute Gasteiger partial charge is 0.380 e. The highest BCUT2D eigenvalue weighted by Crippen LogP contribution is 2.38. The molecule has 1 spiro atoms. The Balaban J connectivity index is 1.61. The number of anilines is 1. The summed E-state index contributed by atoms with van der Waals surface area (Å²) in [4.78, 5) is 16.1. The third kappa shape index (κ3) is 3.04. The monoisotopic (exact) mass is 378 g/mol. The lowest BCUT2D eigenvalue weighted by Crippen LogP contribution is -2.68. The number of amides is 2. The zero-order valence-electron chi connectivity index (χ0n) is 13.9. The molecule has 2 fully saturated rings. The van der Waals surface area contributed by atoms with E-state index in [2.05, 4.69) is 0 Å². The van der Waals surface area contributed by atoms with Crippen molar-refractivity contribution in [2.75, 3.05) is 31.2 Å².